The summed E-state index contributed by atoms with van der Waals surface area (Å²) in [6.07, 6.45) is 0. The monoisotopic (exact) mass is 176 g/mol. The number of benzene rings is 1. The van der Waals surface area contributed by atoms with Crippen LogP contribution in [0.2, 0.25) is 0 Å². The highest BCUT2D eigenvalue weighted by molar-refractivity contribution is 7.85. The van der Waals surface area contributed by atoms with Gasteiger partial charge in [0.1, 0.15) is 0 Å². The van der Waals surface area contributed by atoms with Crippen molar-refractivity contribution in [1.82, 2.24) is 0 Å². The van der Waals surface area contributed by atoms with Crippen LogP contribution in [0, 0.1) is 0 Å². The number of rotatable bonds is 1. The Balaban J connectivity index is 3.20. The van der Waals surface area contributed by atoms with E-state index in [-0.39, 0.29) is 4.90 Å². The van der Waals surface area contributed by atoms with E-state index < -0.39 is 10.1 Å². The molecule has 0 spiro atoms. The first-order chi connectivity index (χ1) is 5.00. The summed E-state index contributed by atoms with van der Waals surface area (Å²) in [5, 5.41) is 0. The van der Waals surface area contributed by atoms with Crippen LogP contribution in [0.5, 0.6) is 0 Å². The van der Waals surface area contributed by atoms with E-state index >= 15 is 0 Å². The van der Waals surface area contributed by atoms with Crippen LogP contribution in [0.3, 0.4) is 0 Å². The summed E-state index contributed by atoms with van der Waals surface area (Å²) in [4.78, 5) is -0.147. The van der Waals surface area contributed by atoms with Gasteiger partial charge in [0.2, 0.25) is 0 Å². The van der Waals surface area contributed by atoms with Crippen molar-refractivity contribution in [2.75, 3.05) is 5.73 Å². The summed E-state index contributed by atoms with van der Waals surface area (Å²) in [5.74, 6) is 0. The molecule has 5 heteroatoms. The summed E-state index contributed by atoms with van der Waals surface area (Å²) >= 11 is 0. The van der Waals surface area contributed by atoms with E-state index in [4.69, 9.17) is 10.3 Å². The first-order valence-corrected chi connectivity index (χ1v) is 4.27. The molecule has 0 atom stereocenters. The molecule has 60 valence electrons. The minimum atomic E-state index is -4.08. The predicted octanol–water partition coefficient (Wildman–Crippen LogP) is 0.516. The fourth-order valence-electron chi connectivity index (χ4n) is 0.640. The molecule has 0 radical (unpaired) electrons. The molecule has 0 fully saturated rings. The van der Waals surface area contributed by atoms with E-state index in [1.165, 1.54) is 24.3 Å². The standard InChI is InChI=1S/C6H7NO3S/c7-5-1-3-6(4-2-5)11(8,9)10/h1-4H,7H2,(H,8,9,10)/i11+3. The highest BCUT2D eigenvalue weighted by atomic mass is 35.1. The quantitative estimate of drug-likeness (QED) is 0.482. The number of nitrogens with two attached hydrogens (primary N) is 1. The van der Waals surface area contributed by atoms with Crippen LogP contribution in [0.1, 0.15) is 0 Å². The Kier molecular flexibility index (Phi) is 1.84. The molecule has 1 aromatic carbocycles. The van der Waals surface area contributed by atoms with Crippen LogP contribution in [-0.2, 0) is 10.1 Å². The van der Waals surface area contributed by atoms with E-state index in [1.807, 2.05) is 0 Å². The fourth-order valence-corrected chi connectivity index (χ4v) is 1.12. The van der Waals surface area contributed by atoms with Gasteiger partial charge in [0.15, 0.2) is 0 Å². The van der Waals surface area contributed by atoms with Crippen molar-refractivity contribution in [2.45, 2.75) is 4.90 Å². The van der Waals surface area contributed by atoms with Gasteiger partial charge >= 0.3 is 0 Å². The summed E-state index contributed by atoms with van der Waals surface area (Å²) < 4.78 is 29.4. The van der Waals surface area contributed by atoms with Gasteiger partial charge < -0.3 is 5.73 Å². The van der Waals surface area contributed by atoms with Crippen LogP contribution in [0.25, 0.3) is 0 Å². The third-order valence-corrected chi connectivity index (χ3v) is 2.05. The molecular formula is C6H7NO3S. The molecular weight excluding hydrogens is 169 g/mol. The summed E-state index contributed by atoms with van der Waals surface area (Å²) in [6.45, 7) is 0. The van der Waals surface area contributed by atoms with E-state index in [1.54, 1.807) is 0 Å². The van der Waals surface area contributed by atoms with Gasteiger partial charge in [0.05, 0.1) is 4.90 Å². The molecule has 0 aliphatic carbocycles. The number of hydrogen-bond acceptors (Lipinski definition) is 3. The third kappa shape index (κ3) is 1.92. The van der Waals surface area contributed by atoms with Crippen molar-refractivity contribution in [3.8, 4) is 0 Å². The number of hydrogen-bond donors (Lipinski definition) is 2. The average molecular weight is 176 g/mol. The molecule has 4 nitrogen and oxygen atoms in total. The topological polar surface area (TPSA) is 80.4 Å². The van der Waals surface area contributed by atoms with Gasteiger partial charge in [0.25, 0.3) is 10.1 Å². The van der Waals surface area contributed by atoms with Crippen molar-refractivity contribution in [3.05, 3.63) is 24.3 Å². The molecule has 0 saturated heterocycles. The summed E-state index contributed by atoms with van der Waals surface area (Å²) in [7, 11) is -4.08. The van der Waals surface area contributed by atoms with Gasteiger partial charge in [0, 0.05) is 5.69 Å². The molecule has 0 amide bonds. The maximum Gasteiger partial charge on any atom is 0.294 e. The lowest BCUT2D eigenvalue weighted by molar-refractivity contribution is 0.483. The highest BCUT2D eigenvalue weighted by Gasteiger charge is 2.06. The Hall–Kier alpha value is -1.07. The van der Waals surface area contributed by atoms with Gasteiger partial charge in [-0.3, -0.25) is 4.55 Å². The normalized spacial score (nSPS) is 11.4. The van der Waals surface area contributed by atoms with E-state index in [9.17, 15) is 8.42 Å². The minimum absolute atomic E-state index is 0.147. The first kappa shape index (κ1) is 8.03. The second kappa shape index (κ2) is 2.52. The number of nitrogen functional groups attached to an aromatic ring is 1. The summed E-state index contributed by atoms with van der Waals surface area (Å²) in [6, 6.07) is 5.29. The molecule has 0 aromatic heterocycles. The van der Waals surface area contributed by atoms with Gasteiger partial charge in [-0.15, -0.1) is 0 Å². The third-order valence-electron chi connectivity index (χ3n) is 1.18. The molecule has 11 heavy (non-hydrogen) atoms. The Labute approximate surface area is 64.4 Å². The van der Waals surface area contributed by atoms with Crippen molar-refractivity contribution >= 4 is 15.8 Å². The molecule has 1 rings (SSSR count). The Morgan fingerprint density at radius 2 is 1.64 bits per heavy atom. The Morgan fingerprint density at radius 1 is 1.18 bits per heavy atom. The number of anilines is 1. The summed E-state index contributed by atoms with van der Waals surface area (Å²) in [5.41, 5.74) is 5.75. The van der Waals surface area contributed by atoms with Crippen LogP contribution in [-0.4, -0.2) is 13.0 Å². The van der Waals surface area contributed by atoms with Crippen molar-refractivity contribution in [3.63, 3.8) is 0 Å². The molecule has 0 unspecified atom stereocenters. The zero-order valence-electron chi connectivity index (χ0n) is 5.56. The van der Waals surface area contributed by atoms with Crippen molar-refractivity contribution in [2.24, 2.45) is 0 Å². The second-order valence-electron chi connectivity index (χ2n) is 2.04. The fraction of sp³-hybridized carbons (Fsp3) is 0. The van der Waals surface area contributed by atoms with E-state index in [0.29, 0.717) is 5.69 Å². The molecule has 0 heterocycles. The molecule has 1 aromatic rings. The molecule has 3 N–H and O–H groups in total. The van der Waals surface area contributed by atoms with Crippen molar-refractivity contribution < 1.29 is 13.0 Å². The zero-order chi connectivity index (χ0) is 8.48. The average Bonchev–Trinajstić information content (AvgIpc) is 1.86. The Bertz CT molecular complexity index is 341. The minimum Gasteiger partial charge on any atom is -0.399 e. The van der Waals surface area contributed by atoms with Crippen LogP contribution in [0.4, 0.5) is 5.69 Å². The molecule has 0 bridgehead atoms. The SMILES string of the molecule is Nc1ccc([35S](=O)(=O)O)cc1. The maximum atomic E-state index is 10.5. The lowest BCUT2D eigenvalue weighted by Crippen LogP contribution is -1.97. The smallest absolute Gasteiger partial charge is 0.294 e. The van der Waals surface area contributed by atoms with Gasteiger partial charge in [-0.1, -0.05) is 0 Å². The zero-order valence-corrected chi connectivity index (χ0v) is 6.38. The lowest BCUT2D eigenvalue weighted by Gasteiger charge is -1.95. The predicted molar refractivity (Wildman–Crippen MR) is 40.7 cm³/mol. The Morgan fingerprint density at radius 3 is 2.00 bits per heavy atom. The van der Waals surface area contributed by atoms with Gasteiger partial charge in [-0.25, -0.2) is 0 Å². The maximum absolute atomic E-state index is 10.5. The largest absolute Gasteiger partial charge is 0.399 e. The van der Waals surface area contributed by atoms with E-state index in [2.05, 4.69) is 0 Å². The highest BCUT2D eigenvalue weighted by Crippen LogP contribution is 2.10. The van der Waals surface area contributed by atoms with Crippen LogP contribution >= 0.6 is 0 Å². The first-order valence-electron chi connectivity index (χ1n) is 2.83. The molecule has 0 aliphatic heterocycles. The van der Waals surface area contributed by atoms with Crippen molar-refractivity contribution in [1.29, 1.82) is 0 Å². The van der Waals surface area contributed by atoms with Gasteiger partial charge in [-0.2, -0.15) is 8.42 Å². The molecule has 0 aliphatic rings. The van der Waals surface area contributed by atoms with E-state index in [0.717, 1.165) is 0 Å². The van der Waals surface area contributed by atoms with Crippen LogP contribution < -0.4 is 5.73 Å². The van der Waals surface area contributed by atoms with Crippen LogP contribution in [0.15, 0.2) is 29.2 Å². The lowest BCUT2D eigenvalue weighted by atomic mass is 10.3. The molecule has 0 saturated carbocycles. The van der Waals surface area contributed by atoms with Gasteiger partial charge in [-0.05, 0) is 24.3 Å². The second-order valence-corrected chi connectivity index (χ2v) is 3.47.